The summed E-state index contributed by atoms with van der Waals surface area (Å²) < 4.78 is 0. The second kappa shape index (κ2) is 5.58. The Bertz CT molecular complexity index is 304. The highest BCUT2D eigenvalue weighted by Crippen LogP contribution is 2.17. The van der Waals surface area contributed by atoms with Crippen LogP contribution in [0.4, 0.5) is 0 Å². The van der Waals surface area contributed by atoms with Crippen molar-refractivity contribution in [2.45, 2.75) is 19.4 Å². The van der Waals surface area contributed by atoms with Crippen LogP contribution in [-0.4, -0.2) is 0 Å². The van der Waals surface area contributed by atoms with Crippen LogP contribution in [0, 0.1) is 11.3 Å². The predicted molar refractivity (Wildman–Crippen MR) is 55.6 cm³/mol. The molecule has 13 heavy (non-hydrogen) atoms. The molecule has 0 saturated carbocycles. The maximum absolute atomic E-state index is 8.76. The molecule has 2 N–H and O–H groups in total. The molecule has 1 aromatic rings. The van der Waals surface area contributed by atoms with Gasteiger partial charge < -0.3 is 5.73 Å². The van der Waals surface area contributed by atoms with Gasteiger partial charge in [0.1, 0.15) is 0 Å². The van der Waals surface area contributed by atoms with E-state index in [0.29, 0.717) is 5.56 Å². The number of benzene rings is 1. The van der Waals surface area contributed by atoms with Crippen LogP contribution in [0.3, 0.4) is 0 Å². The van der Waals surface area contributed by atoms with E-state index in [9.17, 15) is 0 Å². The first-order valence-electron chi connectivity index (χ1n) is 4.04. The highest BCUT2D eigenvalue weighted by atomic mass is 35.5. The van der Waals surface area contributed by atoms with Crippen LogP contribution in [0.1, 0.15) is 30.5 Å². The highest BCUT2D eigenvalue weighted by Gasteiger charge is 2.06. The van der Waals surface area contributed by atoms with Crippen LogP contribution < -0.4 is 5.73 Å². The van der Waals surface area contributed by atoms with Crippen molar-refractivity contribution in [2.75, 3.05) is 0 Å². The number of rotatable bonds is 2. The van der Waals surface area contributed by atoms with Crippen LogP contribution in [0.25, 0.3) is 0 Å². The Hall–Kier alpha value is -1.04. The molecule has 0 aliphatic carbocycles. The average Bonchev–Trinajstić information content (AvgIpc) is 2.16. The number of hydrogen-bond acceptors (Lipinski definition) is 2. The first-order valence-corrected chi connectivity index (χ1v) is 4.04. The Kier molecular flexibility index (Phi) is 5.13. The smallest absolute Gasteiger partial charge is 0.0995 e. The van der Waals surface area contributed by atoms with Gasteiger partial charge in [0, 0.05) is 6.04 Å². The van der Waals surface area contributed by atoms with Crippen molar-refractivity contribution < 1.29 is 0 Å². The minimum atomic E-state index is -0.0131. The van der Waals surface area contributed by atoms with Crippen molar-refractivity contribution in [1.82, 2.24) is 0 Å². The third kappa shape index (κ3) is 2.73. The molecule has 0 bridgehead atoms. The lowest BCUT2D eigenvalue weighted by atomic mass is 10.0. The summed E-state index contributed by atoms with van der Waals surface area (Å²) in [5.41, 5.74) is 7.45. The van der Waals surface area contributed by atoms with Gasteiger partial charge in [-0.15, -0.1) is 12.4 Å². The SMILES string of the molecule is CC[C@@H](N)c1ccccc1C#N.Cl. The topological polar surface area (TPSA) is 49.8 Å². The van der Waals surface area contributed by atoms with E-state index in [1.165, 1.54) is 0 Å². The van der Waals surface area contributed by atoms with Gasteiger partial charge in [-0.1, -0.05) is 25.1 Å². The van der Waals surface area contributed by atoms with Gasteiger partial charge in [0.25, 0.3) is 0 Å². The van der Waals surface area contributed by atoms with Gasteiger partial charge in [-0.3, -0.25) is 0 Å². The summed E-state index contributed by atoms with van der Waals surface area (Å²) in [5, 5.41) is 8.76. The molecule has 2 nitrogen and oxygen atoms in total. The highest BCUT2D eigenvalue weighted by molar-refractivity contribution is 5.85. The Morgan fingerprint density at radius 3 is 2.62 bits per heavy atom. The zero-order chi connectivity index (χ0) is 8.97. The summed E-state index contributed by atoms with van der Waals surface area (Å²) in [5.74, 6) is 0. The molecule has 3 heteroatoms. The molecule has 0 aromatic heterocycles. The van der Waals surface area contributed by atoms with Crippen molar-refractivity contribution in [3.05, 3.63) is 35.4 Å². The largest absolute Gasteiger partial charge is 0.324 e. The van der Waals surface area contributed by atoms with Gasteiger partial charge >= 0.3 is 0 Å². The van der Waals surface area contributed by atoms with Crippen LogP contribution in [0.15, 0.2) is 24.3 Å². The lowest BCUT2D eigenvalue weighted by molar-refractivity contribution is 0.697. The Labute approximate surface area is 84.8 Å². The Balaban J connectivity index is 0.00000144. The molecule has 0 amide bonds. The molecule has 0 fully saturated rings. The zero-order valence-electron chi connectivity index (χ0n) is 7.53. The summed E-state index contributed by atoms with van der Waals surface area (Å²) in [4.78, 5) is 0. The van der Waals surface area contributed by atoms with Gasteiger partial charge in [-0.25, -0.2) is 0 Å². The number of nitrogens with two attached hydrogens (primary N) is 1. The van der Waals surface area contributed by atoms with Crippen molar-refractivity contribution in [3.63, 3.8) is 0 Å². The van der Waals surface area contributed by atoms with Gasteiger partial charge in [0.2, 0.25) is 0 Å². The fourth-order valence-electron chi connectivity index (χ4n) is 1.14. The lowest BCUT2D eigenvalue weighted by Gasteiger charge is -2.09. The van der Waals surface area contributed by atoms with Gasteiger partial charge in [-0.2, -0.15) is 5.26 Å². The van der Waals surface area contributed by atoms with Gasteiger partial charge in [0.15, 0.2) is 0 Å². The number of nitrogens with zero attached hydrogens (tertiary/aromatic N) is 1. The zero-order valence-corrected chi connectivity index (χ0v) is 8.34. The van der Waals surface area contributed by atoms with Crippen molar-refractivity contribution in [2.24, 2.45) is 5.73 Å². The quantitative estimate of drug-likeness (QED) is 0.790. The molecular weight excluding hydrogens is 184 g/mol. The Morgan fingerprint density at radius 1 is 1.46 bits per heavy atom. The van der Waals surface area contributed by atoms with E-state index < -0.39 is 0 Å². The van der Waals surface area contributed by atoms with Crippen molar-refractivity contribution >= 4 is 12.4 Å². The average molecular weight is 197 g/mol. The normalized spacial score (nSPS) is 11.2. The van der Waals surface area contributed by atoms with Crippen molar-refractivity contribution in [1.29, 1.82) is 5.26 Å². The van der Waals surface area contributed by atoms with Crippen LogP contribution in [0.2, 0.25) is 0 Å². The summed E-state index contributed by atoms with van der Waals surface area (Å²) in [6.45, 7) is 2.01. The van der Waals surface area contributed by atoms with E-state index in [2.05, 4.69) is 6.07 Å². The molecular formula is C10H13ClN2. The van der Waals surface area contributed by atoms with Gasteiger partial charge in [0.05, 0.1) is 11.6 Å². The molecule has 0 aliphatic heterocycles. The first kappa shape index (κ1) is 12.0. The van der Waals surface area contributed by atoms with E-state index in [1.807, 2.05) is 25.1 Å². The molecule has 1 rings (SSSR count). The molecule has 0 radical (unpaired) electrons. The molecule has 70 valence electrons. The van der Waals surface area contributed by atoms with Crippen LogP contribution in [0.5, 0.6) is 0 Å². The Morgan fingerprint density at radius 2 is 2.08 bits per heavy atom. The molecule has 0 saturated heterocycles. The molecule has 1 aromatic carbocycles. The molecule has 0 unspecified atom stereocenters. The second-order valence-corrected chi connectivity index (χ2v) is 2.71. The van der Waals surface area contributed by atoms with Gasteiger partial charge in [-0.05, 0) is 18.1 Å². The summed E-state index contributed by atoms with van der Waals surface area (Å²) >= 11 is 0. The molecule has 0 spiro atoms. The van der Waals surface area contributed by atoms with E-state index in [1.54, 1.807) is 6.07 Å². The number of halogens is 1. The standard InChI is InChI=1S/C10H12N2.ClH/c1-2-10(12)9-6-4-3-5-8(9)7-11;/h3-6,10H,2,12H2,1H3;1H/t10-;/m1./s1. The molecule has 0 aliphatic rings. The third-order valence-electron chi connectivity index (χ3n) is 1.92. The minimum absolute atomic E-state index is 0. The van der Waals surface area contributed by atoms with Crippen LogP contribution >= 0.6 is 12.4 Å². The molecule has 1 atom stereocenters. The van der Waals surface area contributed by atoms with Crippen LogP contribution in [-0.2, 0) is 0 Å². The summed E-state index contributed by atoms with van der Waals surface area (Å²) in [7, 11) is 0. The van der Waals surface area contributed by atoms with E-state index in [0.717, 1.165) is 12.0 Å². The monoisotopic (exact) mass is 196 g/mol. The summed E-state index contributed by atoms with van der Waals surface area (Å²) in [6, 6.07) is 9.58. The number of nitriles is 1. The lowest BCUT2D eigenvalue weighted by Crippen LogP contribution is -2.10. The van der Waals surface area contributed by atoms with Crippen molar-refractivity contribution in [3.8, 4) is 6.07 Å². The predicted octanol–water partition coefficient (Wildman–Crippen LogP) is 2.39. The fraction of sp³-hybridized carbons (Fsp3) is 0.300. The molecule has 0 heterocycles. The van der Waals surface area contributed by atoms with E-state index in [-0.39, 0.29) is 18.4 Å². The summed E-state index contributed by atoms with van der Waals surface area (Å²) in [6.07, 6.45) is 0.860. The maximum atomic E-state index is 8.76. The maximum Gasteiger partial charge on any atom is 0.0995 e. The second-order valence-electron chi connectivity index (χ2n) is 2.71. The number of hydrogen-bond donors (Lipinski definition) is 1. The van der Waals surface area contributed by atoms with E-state index >= 15 is 0 Å². The third-order valence-corrected chi connectivity index (χ3v) is 1.92. The fourth-order valence-corrected chi connectivity index (χ4v) is 1.14. The van der Waals surface area contributed by atoms with E-state index in [4.69, 9.17) is 11.0 Å². The minimum Gasteiger partial charge on any atom is -0.324 e. The first-order chi connectivity index (χ1) is 5.79.